The Labute approximate surface area is 128 Å². The molecule has 2 rings (SSSR count). The van der Waals surface area contributed by atoms with E-state index in [2.05, 4.69) is 0 Å². The summed E-state index contributed by atoms with van der Waals surface area (Å²) in [5, 5.41) is 8.97. The number of ether oxygens (including phenoxy) is 1. The van der Waals surface area contributed by atoms with Gasteiger partial charge in [-0.3, -0.25) is 9.59 Å². The quantitative estimate of drug-likeness (QED) is 0.632. The molecule has 0 aliphatic carbocycles. The van der Waals surface area contributed by atoms with Gasteiger partial charge in [-0.1, -0.05) is 30.3 Å². The number of anilines is 1. The molecule has 5 heteroatoms. The number of carboxylic acids is 1. The highest BCUT2D eigenvalue weighted by atomic mass is 16.5. The molecule has 0 fully saturated rings. The first-order valence-electron chi connectivity index (χ1n) is 6.79. The smallest absolute Gasteiger partial charge is 0.307 e. The van der Waals surface area contributed by atoms with E-state index in [1.807, 2.05) is 30.3 Å². The van der Waals surface area contributed by atoms with Crippen LogP contribution in [0.2, 0.25) is 0 Å². The lowest BCUT2D eigenvalue weighted by atomic mass is 9.99. The number of benzene rings is 2. The Bertz CT molecular complexity index is 695. The number of rotatable bonds is 6. The molecule has 0 aromatic heterocycles. The molecule has 0 unspecified atom stereocenters. The first-order valence-corrected chi connectivity index (χ1v) is 6.79. The van der Waals surface area contributed by atoms with Crippen LogP contribution in [0.4, 0.5) is 5.69 Å². The number of carboxylic acid groups (broad SMARTS) is 1. The molecular weight excluding hydrogens is 282 g/mol. The maximum absolute atomic E-state index is 11.6. The van der Waals surface area contributed by atoms with Gasteiger partial charge in [0.25, 0.3) is 0 Å². The summed E-state index contributed by atoms with van der Waals surface area (Å²) >= 11 is 0. The maximum Gasteiger partial charge on any atom is 0.307 e. The lowest BCUT2D eigenvalue weighted by Gasteiger charge is -2.13. The Morgan fingerprint density at radius 2 is 1.86 bits per heavy atom. The third-order valence-electron chi connectivity index (χ3n) is 3.17. The van der Waals surface area contributed by atoms with Gasteiger partial charge in [0.05, 0.1) is 6.42 Å². The van der Waals surface area contributed by atoms with Crippen molar-refractivity contribution in [3.8, 4) is 5.75 Å². The molecule has 0 heterocycles. The number of carbonyl (C=O) groups is 2. The zero-order valence-electron chi connectivity index (χ0n) is 12.2. The summed E-state index contributed by atoms with van der Waals surface area (Å²) in [4.78, 5) is 22.6. The van der Waals surface area contributed by atoms with E-state index in [4.69, 9.17) is 15.6 Å². The highest BCUT2D eigenvalue weighted by Gasteiger charge is 2.16. The molecule has 0 aliphatic heterocycles. The van der Waals surface area contributed by atoms with Crippen LogP contribution in [-0.2, 0) is 17.8 Å². The molecule has 0 radical (unpaired) electrons. The summed E-state index contributed by atoms with van der Waals surface area (Å²) in [5.41, 5.74) is 7.70. The van der Waals surface area contributed by atoms with Gasteiger partial charge in [0, 0.05) is 17.3 Å². The van der Waals surface area contributed by atoms with Crippen molar-refractivity contribution < 1.29 is 19.4 Å². The highest BCUT2D eigenvalue weighted by molar-refractivity contribution is 6.01. The van der Waals surface area contributed by atoms with E-state index < -0.39 is 5.97 Å². The summed E-state index contributed by atoms with van der Waals surface area (Å²) < 4.78 is 5.65. The number of Topliss-reactive ketones (excluding diaryl/α,β-unsaturated/α-hetero) is 1. The van der Waals surface area contributed by atoms with Crippen molar-refractivity contribution in [2.24, 2.45) is 0 Å². The topological polar surface area (TPSA) is 89.6 Å². The largest absolute Gasteiger partial charge is 0.489 e. The van der Waals surface area contributed by atoms with Gasteiger partial charge in [0.1, 0.15) is 12.4 Å². The van der Waals surface area contributed by atoms with Gasteiger partial charge in [0.15, 0.2) is 5.78 Å². The molecule has 2 aromatic carbocycles. The van der Waals surface area contributed by atoms with Crippen molar-refractivity contribution in [2.45, 2.75) is 20.0 Å². The van der Waals surface area contributed by atoms with E-state index in [0.29, 0.717) is 17.9 Å². The van der Waals surface area contributed by atoms with E-state index in [0.717, 1.165) is 5.56 Å². The van der Waals surface area contributed by atoms with Gasteiger partial charge in [0.2, 0.25) is 0 Å². The molecule has 0 atom stereocenters. The average Bonchev–Trinajstić information content (AvgIpc) is 2.44. The normalized spacial score (nSPS) is 10.2. The standard InChI is InChI=1S/C17H17NO4/c1-11(19)17-13(8-16(20)21)7-14(9-15(17)18)22-10-12-5-3-2-4-6-12/h2-7,9H,8,10,18H2,1H3,(H,20,21). The molecule has 22 heavy (non-hydrogen) atoms. The Morgan fingerprint density at radius 1 is 1.18 bits per heavy atom. The second kappa shape index (κ2) is 6.76. The number of nitrogens with two attached hydrogens (primary N) is 1. The zero-order valence-corrected chi connectivity index (χ0v) is 12.2. The fraction of sp³-hybridized carbons (Fsp3) is 0.176. The van der Waals surface area contributed by atoms with Crippen molar-refractivity contribution in [2.75, 3.05) is 5.73 Å². The Kier molecular flexibility index (Phi) is 4.78. The molecular formula is C17H17NO4. The van der Waals surface area contributed by atoms with Crippen molar-refractivity contribution in [3.05, 3.63) is 59.2 Å². The van der Waals surface area contributed by atoms with Crippen LogP contribution in [0.15, 0.2) is 42.5 Å². The molecule has 0 spiro atoms. The summed E-state index contributed by atoms with van der Waals surface area (Å²) in [6.07, 6.45) is -0.276. The van der Waals surface area contributed by atoms with Crippen molar-refractivity contribution in [1.29, 1.82) is 0 Å². The Balaban J connectivity index is 2.27. The molecule has 2 aromatic rings. The molecule has 0 saturated heterocycles. The van der Waals surface area contributed by atoms with Crippen LogP contribution in [0, 0.1) is 0 Å². The van der Waals surface area contributed by atoms with Gasteiger partial charge in [-0.2, -0.15) is 0 Å². The fourth-order valence-corrected chi connectivity index (χ4v) is 2.25. The highest BCUT2D eigenvalue weighted by Crippen LogP contribution is 2.26. The van der Waals surface area contributed by atoms with Gasteiger partial charge in [-0.15, -0.1) is 0 Å². The fourth-order valence-electron chi connectivity index (χ4n) is 2.25. The first kappa shape index (κ1) is 15.6. The van der Waals surface area contributed by atoms with E-state index in [-0.39, 0.29) is 23.5 Å². The van der Waals surface area contributed by atoms with Crippen LogP contribution in [0.1, 0.15) is 28.4 Å². The van der Waals surface area contributed by atoms with Crippen LogP contribution in [0.5, 0.6) is 5.75 Å². The third-order valence-corrected chi connectivity index (χ3v) is 3.17. The Morgan fingerprint density at radius 3 is 2.45 bits per heavy atom. The lowest BCUT2D eigenvalue weighted by Crippen LogP contribution is -2.10. The van der Waals surface area contributed by atoms with Crippen LogP contribution in [0.3, 0.4) is 0 Å². The summed E-state index contributed by atoms with van der Waals surface area (Å²) in [6, 6.07) is 12.7. The van der Waals surface area contributed by atoms with E-state index in [1.54, 1.807) is 12.1 Å². The number of aliphatic carboxylic acids is 1. The number of carbonyl (C=O) groups excluding carboxylic acids is 1. The predicted octanol–water partition coefficient (Wildman–Crippen LogP) is 2.68. The second-order valence-electron chi connectivity index (χ2n) is 4.95. The van der Waals surface area contributed by atoms with Crippen LogP contribution >= 0.6 is 0 Å². The minimum absolute atomic E-state index is 0.231. The SMILES string of the molecule is CC(=O)c1c(N)cc(OCc2ccccc2)cc1CC(=O)O. The van der Waals surface area contributed by atoms with E-state index >= 15 is 0 Å². The van der Waals surface area contributed by atoms with Crippen molar-refractivity contribution in [3.63, 3.8) is 0 Å². The summed E-state index contributed by atoms with van der Waals surface area (Å²) in [6.45, 7) is 1.70. The average molecular weight is 299 g/mol. The molecule has 0 saturated carbocycles. The molecule has 0 amide bonds. The van der Waals surface area contributed by atoms with Crippen LogP contribution in [0.25, 0.3) is 0 Å². The van der Waals surface area contributed by atoms with E-state index in [9.17, 15) is 9.59 Å². The van der Waals surface area contributed by atoms with Crippen LogP contribution < -0.4 is 10.5 Å². The van der Waals surface area contributed by atoms with Crippen molar-refractivity contribution in [1.82, 2.24) is 0 Å². The van der Waals surface area contributed by atoms with E-state index in [1.165, 1.54) is 6.92 Å². The maximum atomic E-state index is 11.6. The molecule has 5 nitrogen and oxygen atoms in total. The number of nitrogen functional groups attached to an aromatic ring is 1. The molecule has 3 N–H and O–H groups in total. The lowest BCUT2D eigenvalue weighted by molar-refractivity contribution is -0.136. The number of ketones is 1. The van der Waals surface area contributed by atoms with Gasteiger partial charge in [-0.05, 0) is 24.1 Å². The zero-order chi connectivity index (χ0) is 16.1. The minimum atomic E-state index is -1.03. The summed E-state index contributed by atoms with van der Waals surface area (Å²) in [5.74, 6) is -0.840. The first-order chi connectivity index (χ1) is 10.5. The number of hydrogen-bond donors (Lipinski definition) is 2. The van der Waals surface area contributed by atoms with Crippen LogP contribution in [-0.4, -0.2) is 16.9 Å². The second-order valence-corrected chi connectivity index (χ2v) is 4.95. The Hall–Kier alpha value is -2.82. The summed E-state index contributed by atoms with van der Waals surface area (Å²) in [7, 11) is 0. The van der Waals surface area contributed by atoms with Gasteiger partial charge >= 0.3 is 5.97 Å². The number of hydrogen-bond acceptors (Lipinski definition) is 4. The van der Waals surface area contributed by atoms with Gasteiger partial charge in [-0.25, -0.2) is 0 Å². The monoisotopic (exact) mass is 299 g/mol. The van der Waals surface area contributed by atoms with Gasteiger partial charge < -0.3 is 15.6 Å². The minimum Gasteiger partial charge on any atom is -0.489 e. The third kappa shape index (κ3) is 3.85. The van der Waals surface area contributed by atoms with Crippen molar-refractivity contribution >= 4 is 17.4 Å². The molecule has 0 bridgehead atoms. The molecule has 0 aliphatic rings. The predicted molar refractivity (Wildman–Crippen MR) is 83.0 cm³/mol. The molecule has 114 valence electrons.